The molecule has 0 radical (unpaired) electrons. The van der Waals surface area contributed by atoms with Crippen molar-refractivity contribution in [2.75, 3.05) is 29.9 Å². The average molecular weight is 449 g/mol. The van der Waals surface area contributed by atoms with E-state index in [9.17, 15) is 14.4 Å². The maximum atomic E-state index is 13.2. The van der Waals surface area contributed by atoms with Crippen molar-refractivity contribution in [1.82, 2.24) is 14.8 Å². The highest BCUT2D eigenvalue weighted by atomic mass is 19.1. The minimum atomic E-state index is -0.371. The number of aliphatic hydroxyl groups excluding tert-OH is 1. The number of amides is 1. The molecular formula is C24H25FN6O2. The summed E-state index contributed by atoms with van der Waals surface area (Å²) in [4.78, 5) is 19.4. The number of anilines is 2. The lowest BCUT2D eigenvalue weighted by Crippen LogP contribution is -2.35. The third-order valence-electron chi connectivity index (χ3n) is 6.02. The van der Waals surface area contributed by atoms with E-state index in [1.165, 1.54) is 18.3 Å². The molecule has 3 heterocycles. The fourth-order valence-corrected chi connectivity index (χ4v) is 4.15. The second-order valence-corrected chi connectivity index (χ2v) is 8.14. The molecule has 2 aromatic heterocycles. The molecule has 3 aromatic rings. The van der Waals surface area contributed by atoms with Gasteiger partial charge >= 0.3 is 0 Å². The molecule has 1 aromatic carbocycles. The summed E-state index contributed by atoms with van der Waals surface area (Å²) in [6.07, 6.45) is 5.70. The van der Waals surface area contributed by atoms with Gasteiger partial charge in [-0.05, 0) is 62.4 Å². The molecule has 0 atom stereocenters. The number of benzene rings is 1. The molecule has 9 heteroatoms. The van der Waals surface area contributed by atoms with Crippen LogP contribution in [0.3, 0.4) is 0 Å². The lowest BCUT2D eigenvalue weighted by atomic mass is 9.94. The van der Waals surface area contributed by atoms with Gasteiger partial charge in [-0.15, -0.1) is 0 Å². The molecule has 1 amide bonds. The van der Waals surface area contributed by atoms with Crippen molar-refractivity contribution in [2.45, 2.75) is 26.2 Å². The van der Waals surface area contributed by atoms with Gasteiger partial charge in [-0.2, -0.15) is 10.4 Å². The first-order valence-electron chi connectivity index (χ1n) is 10.9. The Labute approximate surface area is 191 Å². The smallest absolute Gasteiger partial charge is 0.259 e. The third kappa shape index (κ3) is 4.86. The van der Waals surface area contributed by atoms with Crippen LogP contribution in [-0.2, 0) is 0 Å². The quantitative estimate of drug-likeness (QED) is 0.598. The first-order valence-corrected chi connectivity index (χ1v) is 10.9. The number of aromatic nitrogens is 3. The van der Waals surface area contributed by atoms with Gasteiger partial charge in [0.15, 0.2) is 0 Å². The lowest BCUT2D eigenvalue weighted by molar-refractivity contribution is 0.102. The summed E-state index contributed by atoms with van der Waals surface area (Å²) in [6.45, 7) is 3.51. The SMILES string of the molecule is Cc1c(C(=O)Nc2cnc(N3CCC(CCO)CC3)c(C#N)c2)cnn1-c1ccc(F)cc1. The van der Waals surface area contributed by atoms with Crippen LogP contribution in [-0.4, -0.2) is 45.5 Å². The van der Waals surface area contributed by atoms with Crippen LogP contribution in [0.5, 0.6) is 0 Å². The highest BCUT2D eigenvalue weighted by Gasteiger charge is 2.22. The molecule has 1 saturated heterocycles. The minimum Gasteiger partial charge on any atom is -0.396 e. The first kappa shape index (κ1) is 22.4. The fourth-order valence-electron chi connectivity index (χ4n) is 4.15. The Balaban J connectivity index is 1.48. The van der Waals surface area contributed by atoms with Gasteiger partial charge in [0.2, 0.25) is 0 Å². The molecule has 0 aliphatic carbocycles. The molecule has 2 N–H and O–H groups in total. The first-order chi connectivity index (χ1) is 16.0. The van der Waals surface area contributed by atoms with Crippen molar-refractivity contribution >= 4 is 17.4 Å². The van der Waals surface area contributed by atoms with E-state index in [2.05, 4.69) is 26.4 Å². The normalized spacial score (nSPS) is 14.2. The van der Waals surface area contributed by atoms with Crippen LogP contribution in [0.4, 0.5) is 15.9 Å². The Morgan fingerprint density at radius 2 is 2.00 bits per heavy atom. The Kier molecular flexibility index (Phi) is 6.66. The van der Waals surface area contributed by atoms with E-state index in [0.717, 1.165) is 32.4 Å². The van der Waals surface area contributed by atoms with Crippen LogP contribution in [0.1, 0.15) is 40.9 Å². The number of rotatable bonds is 6. The van der Waals surface area contributed by atoms with Gasteiger partial charge in [0.05, 0.1) is 40.6 Å². The number of aliphatic hydroxyl groups is 1. The lowest BCUT2D eigenvalue weighted by Gasteiger charge is -2.33. The van der Waals surface area contributed by atoms with E-state index in [0.29, 0.717) is 39.9 Å². The van der Waals surface area contributed by atoms with Crippen molar-refractivity contribution in [2.24, 2.45) is 5.92 Å². The predicted molar refractivity (Wildman–Crippen MR) is 122 cm³/mol. The maximum Gasteiger partial charge on any atom is 0.259 e. The second-order valence-electron chi connectivity index (χ2n) is 8.14. The molecule has 33 heavy (non-hydrogen) atoms. The largest absolute Gasteiger partial charge is 0.396 e. The molecule has 4 rings (SSSR count). The highest BCUT2D eigenvalue weighted by Crippen LogP contribution is 2.27. The molecule has 0 saturated carbocycles. The molecule has 0 spiro atoms. The van der Waals surface area contributed by atoms with Crippen LogP contribution in [0.2, 0.25) is 0 Å². The third-order valence-corrected chi connectivity index (χ3v) is 6.02. The van der Waals surface area contributed by atoms with Crippen molar-refractivity contribution in [3.8, 4) is 11.8 Å². The van der Waals surface area contributed by atoms with Gasteiger partial charge in [0, 0.05) is 19.7 Å². The summed E-state index contributed by atoms with van der Waals surface area (Å²) in [5, 5.41) is 25.8. The van der Waals surface area contributed by atoms with E-state index >= 15 is 0 Å². The second kappa shape index (κ2) is 9.79. The van der Waals surface area contributed by atoms with E-state index in [1.54, 1.807) is 36.0 Å². The molecule has 1 aliphatic heterocycles. The van der Waals surface area contributed by atoms with Gasteiger partial charge in [0.25, 0.3) is 5.91 Å². The number of hydrogen-bond donors (Lipinski definition) is 2. The maximum absolute atomic E-state index is 13.2. The molecule has 1 fully saturated rings. The number of pyridine rings is 1. The van der Waals surface area contributed by atoms with Crippen LogP contribution in [0.25, 0.3) is 5.69 Å². The molecule has 0 bridgehead atoms. The Bertz CT molecular complexity index is 1180. The number of halogens is 1. The standard InChI is InChI=1S/C24H25FN6O2/c1-16-22(15-28-31(16)21-4-2-19(25)3-5-21)24(33)29-20-12-18(13-26)23(27-14-20)30-9-6-17(7-10-30)8-11-32/h2-5,12,14-15,17,32H,6-11H2,1H3,(H,29,33). The van der Waals surface area contributed by atoms with E-state index in [-0.39, 0.29) is 18.3 Å². The number of carbonyl (C=O) groups excluding carboxylic acids is 1. The Hall–Kier alpha value is -3.77. The fraction of sp³-hybridized carbons (Fsp3) is 0.333. The zero-order valence-electron chi connectivity index (χ0n) is 18.3. The Morgan fingerprint density at radius 3 is 2.67 bits per heavy atom. The average Bonchev–Trinajstić information content (AvgIpc) is 3.21. The van der Waals surface area contributed by atoms with Crippen LogP contribution < -0.4 is 10.2 Å². The zero-order chi connectivity index (χ0) is 23.4. The van der Waals surface area contributed by atoms with Crippen molar-refractivity contribution in [1.29, 1.82) is 5.26 Å². The summed E-state index contributed by atoms with van der Waals surface area (Å²) >= 11 is 0. The molecule has 170 valence electrons. The minimum absolute atomic E-state index is 0.197. The zero-order valence-corrected chi connectivity index (χ0v) is 18.3. The topological polar surface area (TPSA) is 107 Å². The molecule has 0 unspecified atom stereocenters. The number of piperidine rings is 1. The summed E-state index contributed by atoms with van der Waals surface area (Å²) in [5.41, 5.74) is 2.44. The number of hydrogen-bond acceptors (Lipinski definition) is 6. The van der Waals surface area contributed by atoms with E-state index < -0.39 is 0 Å². The van der Waals surface area contributed by atoms with Gasteiger partial charge < -0.3 is 15.3 Å². The van der Waals surface area contributed by atoms with E-state index in [4.69, 9.17) is 5.11 Å². The summed E-state index contributed by atoms with van der Waals surface area (Å²) in [5.74, 6) is 0.386. The summed E-state index contributed by atoms with van der Waals surface area (Å²) in [6, 6.07) is 9.65. The monoisotopic (exact) mass is 448 g/mol. The summed E-state index contributed by atoms with van der Waals surface area (Å²) < 4.78 is 14.8. The summed E-state index contributed by atoms with van der Waals surface area (Å²) in [7, 11) is 0. The van der Waals surface area contributed by atoms with Gasteiger partial charge in [-0.1, -0.05) is 0 Å². The van der Waals surface area contributed by atoms with Crippen molar-refractivity contribution in [3.05, 3.63) is 65.4 Å². The highest BCUT2D eigenvalue weighted by molar-refractivity contribution is 6.05. The predicted octanol–water partition coefficient (Wildman–Crippen LogP) is 3.44. The number of nitriles is 1. The van der Waals surface area contributed by atoms with Crippen molar-refractivity contribution in [3.63, 3.8) is 0 Å². The van der Waals surface area contributed by atoms with Gasteiger partial charge in [0.1, 0.15) is 17.7 Å². The van der Waals surface area contributed by atoms with Crippen LogP contribution >= 0.6 is 0 Å². The van der Waals surface area contributed by atoms with Gasteiger partial charge in [-0.3, -0.25) is 4.79 Å². The number of nitrogens with zero attached hydrogens (tertiary/aromatic N) is 5. The molecular weight excluding hydrogens is 423 g/mol. The Morgan fingerprint density at radius 1 is 1.27 bits per heavy atom. The number of nitrogens with one attached hydrogen (secondary N) is 1. The molecule has 1 aliphatic rings. The van der Waals surface area contributed by atoms with Gasteiger partial charge in [-0.25, -0.2) is 14.1 Å². The van der Waals surface area contributed by atoms with Crippen LogP contribution in [0, 0.1) is 30.0 Å². The van der Waals surface area contributed by atoms with Crippen LogP contribution in [0.15, 0.2) is 42.7 Å². The molecule has 8 nitrogen and oxygen atoms in total. The van der Waals surface area contributed by atoms with E-state index in [1.807, 2.05) is 0 Å². The van der Waals surface area contributed by atoms with Crippen molar-refractivity contribution < 1.29 is 14.3 Å². The number of carbonyl (C=O) groups is 1.